The molecule has 3 rings (SSSR count). The van der Waals surface area contributed by atoms with Gasteiger partial charge in [-0.25, -0.2) is 4.98 Å². The molecule has 4 atom stereocenters. The molecule has 1 aromatic heterocycles. The van der Waals surface area contributed by atoms with Crippen LogP contribution in [-0.4, -0.2) is 58.3 Å². The van der Waals surface area contributed by atoms with Crippen LogP contribution in [0.2, 0.25) is 5.02 Å². The highest BCUT2D eigenvalue weighted by Crippen LogP contribution is 2.30. The minimum atomic E-state index is -0.963. The second kappa shape index (κ2) is 9.43. The van der Waals surface area contributed by atoms with Gasteiger partial charge in [-0.2, -0.15) is 0 Å². The number of methoxy groups -OCH3 is 1. The number of benzene rings is 1. The second-order valence-electron chi connectivity index (χ2n) is 5.87. The van der Waals surface area contributed by atoms with E-state index >= 15 is 0 Å². The number of nitrogens with one attached hydrogen (secondary N) is 1. The molecule has 1 aliphatic heterocycles. The first-order valence-corrected chi connectivity index (χ1v) is 8.42. The molecule has 0 saturated carbocycles. The van der Waals surface area contributed by atoms with Crippen molar-refractivity contribution in [2.75, 3.05) is 13.7 Å². The fraction of sp³-hybridized carbons (Fsp3) is 0.471. The highest BCUT2D eigenvalue weighted by molar-refractivity contribution is 6.32. The maximum absolute atomic E-state index is 10.2. The molecule has 9 heteroatoms. The van der Waals surface area contributed by atoms with Gasteiger partial charge >= 0.3 is 0 Å². The fourth-order valence-electron chi connectivity index (χ4n) is 2.84. The Bertz CT molecular complexity index is 686. The number of halogens is 2. The first kappa shape index (κ1) is 20.8. The summed E-state index contributed by atoms with van der Waals surface area (Å²) in [5, 5.41) is 20.8. The summed E-state index contributed by atoms with van der Waals surface area (Å²) in [6, 6.07) is 5.15. The van der Waals surface area contributed by atoms with E-state index < -0.39 is 24.4 Å². The van der Waals surface area contributed by atoms with Crippen LogP contribution in [0.4, 0.5) is 0 Å². The summed E-state index contributed by atoms with van der Waals surface area (Å²) >= 11 is 6.12. The quantitative estimate of drug-likeness (QED) is 0.652. The van der Waals surface area contributed by atoms with Crippen molar-refractivity contribution in [3.05, 3.63) is 41.4 Å². The lowest BCUT2D eigenvalue weighted by molar-refractivity contribution is -0.00232. The molecule has 0 spiro atoms. The first-order chi connectivity index (χ1) is 12.1. The molecule has 144 valence electrons. The maximum Gasteiger partial charge on any atom is 0.138 e. The molecule has 7 nitrogen and oxygen atoms in total. The molecule has 1 fully saturated rings. The van der Waals surface area contributed by atoms with Crippen LogP contribution in [0.15, 0.2) is 30.6 Å². The standard InChI is InChI=1S/C17H21ClN2O5.ClH/c1-23-10-2-3-12(11(18)8-10)24-7-4-13-16(21)17(22)14(25-13)9-15-19-5-6-20-15;/h2-3,5-6,8,13-14,16-17,21-22H,4,7,9H2,1H3,(H,19,20);1H/t13?,14-,16+,17-;/m1./s1. The third-order valence-electron chi connectivity index (χ3n) is 4.21. The Balaban J connectivity index is 0.00000243. The molecule has 0 radical (unpaired) electrons. The van der Waals surface area contributed by atoms with Crippen LogP contribution in [0.1, 0.15) is 12.2 Å². The zero-order valence-corrected chi connectivity index (χ0v) is 15.7. The van der Waals surface area contributed by atoms with Gasteiger partial charge in [0.1, 0.15) is 29.5 Å². The van der Waals surface area contributed by atoms with E-state index in [0.29, 0.717) is 41.8 Å². The van der Waals surface area contributed by atoms with Gasteiger partial charge in [-0.05, 0) is 12.1 Å². The van der Waals surface area contributed by atoms with Crippen molar-refractivity contribution in [3.8, 4) is 11.5 Å². The lowest BCUT2D eigenvalue weighted by Gasteiger charge is -2.15. The van der Waals surface area contributed by atoms with E-state index in [2.05, 4.69) is 9.97 Å². The van der Waals surface area contributed by atoms with Crippen LogP contribution < -0.4 is 9.47 Å². The Morgan fingerprint density at radius 3 is 2.69 bits per heavy atom. The van der Waals surface area contributed by atoms with Crippen molar-refractivity contribution in [1.29, 1.82) is 0 Å². The van der Waals surface area contributed by atoms with E-state index in [0.717, 1.165) is 0 Å². The van der Waals surface area contributed by atoms with Crippen LogP contribution in [-0.2, 0) is 11.2 Å². The SMILES string of the molecule is COc1ccc(OCCC2O[C@H](Cc3ncc[nH]3)[C@@H](O)[C@H]2O)c(Cl)c1.Cl. The second-order valence-corrected chi connectivity index (χ2v) is 6.27. The Morgan fingerprint density at radius 1 is 1.27 bits per heavy atom. The Kier molecular flexibility index (Phi) is 7.55. The molecule has 3 N–H and O–H groups in total. The Hall–Kier alpha value is -1.51. The average molecular weight is 405 g/mol. The minimum absolute atomic E-state index is 0. The number of aliphatic hydroxyl groups is 2. The molecule has 2 heterocycles. The lowest BCUT2D eigenvalue weighted by Crippen LogP contribution is -2.33. The maximum atomic E-state index is 10.2. The third-order valence-corrected chi connectivity index (χ3v) is 4.51. The molecular formula is C17H22Cl2N2O5. The number of aliphatic hydroxyl groups excluding tert-OH is 2. The highest BCUT2D eigenvalue weighted by Gasteiger charge is 2.42. The van der Waals surface area contributed by atoms with E-state index in [1.54, 1.807) is 37.7 Å². The van der Waals surface area contributed by atoms with E-state index in [9.17, 15) is 10.2 Å². The normalized spacial score (nSPS) is 24.9. The van der Waals surface area contributed by atoms with Gasteiger partial charge in [-0.1, -0.05) is 11.6 Å². The molecule has 1 aromatic carbocycles. The molecule has 1 aliphatic rings. The smallest absolute Gasteiger partial charge is 0.138 e. The molecule has 1 unspecified atom stereocenters. The van der Waals surface area contributed by atoms with Crippen molar-refractivity contribution < 1.29 is 24.4 Å². The van der Waals surface area contributed by atoms with Gasteiger partial charge in [-0.15, -0.1) is 12.4 Å². The van der Waals surface area contributed by atoms with Gasteiger partial charge in [0.05, 0.1) is 30.9 Å². The third kappa shape index (κ3) is 4.81. The molecule has 0 amide bonds. The lowest BCUT2D eigenvalue weighted by atomic mass is 10.0. The minimum Gasteiger partial charge on any atom is -0.497 e. The summed E-state index contributed by atoms with van der Waals surface area (Å²) in [5.74, 6) is 1.89. The summed E-state index contributed by atoms with van der Waals surface area (Å²) in [5.41, 5.74) is 0. The average Bonchev–Trinajstić information content (AvgIpc) is 3.21. The van der Waals surface area contributed by atoms with E-state index in [1.807, 2.05) is 0 Å². The van der Waals surface area contributed by atoms with Gasteiger partial charge in [-0.3, -0.25) is 0 Å². The number of imidazole rings is 1. The van der Waals surface area contributed by atoms with Gasteiger partial charge in [0.15, 0.2) is 0 Å². The number of hydrogen-bond acceptors (Lipinski definition) is 6. The van der Waals surface area contributed by atoms with Crippen molar-refractivity contribution in [2.45, 2.75) is 37.3 Å². The monoisotopic (exact) mass is 404 g/mol. The van der Waals surface area contributed by atoms with Crippen molar-refractivity contribution in [2.24, 2.45) is 0 Å². The van der Waals surface area contributed by atoms with Gasteiger partial charge in [0.2, 0.25) is 0 Å². The number of hydrogen-bond donors (Lipinski definition) is 3. The molecular weight excluding hydrogens is 383 g/mol. The zero-order valence-electron chi connectivity index (χ0n) is 14.2. The van der Waals surface area contributed by atoms with Crippen molar-refractivity contribution >= 4 is 24.0 Å². The molecule has 0 bridgehead atoms. The Morgan fingerprint density at radius 2 is 2.04 bits per heavy atom. The van der Waals surface area contributed by atoms with Crippen LogP contribution in [0.25, 0.3) is 0 Å². The number of nitrogens with zero attached hydrogens (tertiary/aromatic N) is 1. The summed E-state index contributed by atoms with van der Waals surface area (Å²) in [6.45, 7) is 0.300. The van der Waals surface area contributed by atoms with E-state index in [1.165, 1.54) is 0 Å². The number of ether oxygens (including phenoxy) is 3. The van der Waals surface area contributed by atoms with E-state index in [4.69, 9.17) is 25.8 Å². The van der Waals surface area contributed by atoms with Crippen LogP contribution >= 0.6 is 24.0 Å². The summed E-state index contributed by atoms with van der Waals surface area (Å²) in [7, 11) is 1.56. The van der Waals surface area contributed by atoms with Gasteiger partial charge in [0.25, 0.3) is 0 Å². The Labute approximate surface area is 162 Å². The predicted octanol–water partition coefficient (Wildman–Crippen LogP) is 1.99. The first-order valence-electron chi connectivity index (χ1n) is 8.04. The summed E-state index contributed by atoms with van der Waals surface area (Å²) in [6.07, 6.45) is 1.24. The van der Waals surface area contributed by atoms with Crippen LogP contribution in [0, 0.1) is 0 Å². The van der Waals surface area contributed by atoms with E-state index in [-0.39, 0.29) is 12.4 Å². The number of aromatic amines is 1. The largest absolute Gasteiger partial charge is 0.497 e. The van der Waals surface area contributed by atoms with Crippen molar-refractivity contribution in [1.82, 2.24) is 9.97 Å². The van der Waals surface area contributed by atoms with Crippen LogP contribution in [0.5, 0.6) is 11.5 Å². The summed E-state index contributed by atoms with van der Waals surface area (Å²) in [4.78, 5) is 7.07. The van der Waals surface area contributed by atoms with Gasteiger partial charge < -0.3 is 29.4 Å². The molecule has 26 heavy (non-hydrogen) atoms. The number of H-pyrrole nitrogens is 1. The van der Waals surface area contributed by atoms with Crippen molar-refractivity contribution in [3.63, 3.8) is 0 Å². The zero-order chi connectivity index (χ0) is 17.8. The summed E-state index contributed by atoms with van der Waals surface area (Å²) < 4.78 is 16.5. The van der Waals surface area contributed by atoms with Gasteiger partial charge in [0, 0.05) is 31.3 Å². The number of rotatable bonds is 7. The number of aromatic nitrogens is 2. The highest BCUT2D eigenvalue weighted by atomic mass is 35.5. The molecule has 2 aromatic rings. The predicted molar refractivity (Wildman–Crippen MR) is 98.3 cm³/mol. The topological polar surface area (TPSA) is 96.8 Å². The molecule has 1 saturated heterocycles. The van der Waals surface area contributed by atoms with Crippen LogP contribution in [0.3, 0.4) is 0 Å². The fourth-order valence-corrected chi connectivity index (χ4v) is 3.07. The molecule has 0 aliphatic carbocycles.